The van der Waals surface area contributed by atoms with Crippen LogP contribution in [0.1, 0.15) is 288 Å². The summed E-state index contributed by atoms with van der Waals surface area (Å²) in [6, 6.07) is 24.1. The van der Waals surface area contributed by atoms with Crippen molar-refractivity contribution in [1.29, 1.82) is 0 Å². The summed E-state index contributed by atoms with van der Waals surface area (Å²) in [5.74, 6) is -5.76. The maximum Gasteiger partial charge on any atom is 0.410 e. The maximum atomic E-state index is 14.3. The standard InChI is InChI=1S/2C36H53N5O8S.C36H47N5O8S/c3*1-50(46,47)39-29(18-17-25-12-4-2-5-13-25)35(44)41-24-27(48-36(45)40-20-10-3-11-21-40)23-30(41)31(42)22-26(14-8-9-19-37)33(43)34-38-28-15-6-7-16-32(28)49-34/h2*6-7,15-16,25-27,29-30,39H,2-5,8-14,17-24,37H2,1H3;2,4-7,12-13,15-16,26-27,29-30,39H,3,8-11,14,17-24,37H2,1H3/t3*26-,27-,29-,30+/m111/s1. The molecule has 0 spiro atoms. The van der Waals surface area contributed by atoms with Crippen LogP contribution in [0.25, 0.3) is 33.3 Å². The van der Waals surface area contributed by atoms with Crippen LogP contribution < -0.4 is 31.4 Å². The second-order valence-electron chi connectivity index (χ2n) is 41.9. The Labute approximate surface area is 879 Å². The number of nitrogens with two attached hydrogens (primary N) is 3. The summed E-state index contributed by atoms with van der Waals surface area (Å²) in [5.41, 5.74) is 21.1. The van der Waals surface area contributed by atoms with Crippen molar-refractivity contribution in [2.45, 2.75) is 311 Å². The molecule has 9 N–H and O–H groups in total. The zero-order valence-electron chi connectivity index (χ0n) is 86.9. The van der Waals surface area contributed by atoms with E-state index in [1.165, 1.54) is 27.5 Å². The first-order valence-electron chi connectivity index (χ1n) is 54.2. The van der Waals surface area contributed by atoms with Crippen LogP contribution in [-0.4, -0.2) is 292 Å². The van der Waals surface area contributed by atoms with Crippen LogP contribution in [0.3, 0.4) is 0 Å². The van der Waals surface area contributed by atoms with Crippen molar-refractivity contribution >= 4 is 134 Å². The highest BCUT2D eigenvalue weighted by Gasteiger charge is 2.50. The van der Waals surface area contributed by atoms with E-state index in [-0.39, 0.29) is 93.8 Å². The normalized spacial score (nSPS) is 20.9. The predicted molar refractivity (Wildman–Crippen MR) is 562 cm³/mol. The molecule has 0 radical (unpaired) electrons. The van der Waals surface area contributed by atoms with Crippen LogP contribution in [0.15, 0.2) is 116 Å². The van der Waals surface area contributed by atoms with E-state index in [0.29, 0.717) is 194 Å². The van der Waals surface area contributed by atoms with Crippen molar-refractivity contribution in [3.63, 3.8) is 0 Å². The summed E-state index contributed by atoms with van der Waals surface area (Å²) < 4.78 is 117. The van der Waals surface area contributed by atoms with Gasteiger partial charge in [0.1, 0.15) is 53.0 Å². The smallest absolute Gasteiger partial charge is 0.410 e. The Hall–Kier alpha value is -10.9. The molecular weight excluding hydrogens is 1990 g/mol. The second kappa shape index (κ2) is 56.7. The van der Waals surface area contributed by atoms with Gasteiger partial charge in [0.05, 0.1) is 56.5 Å². The van der Waals surface area contributed by atoms with Crippen LogP contribution in [0.5, 0.6) is 0 Å². The number of sulfonamides is 3. The first-order valence-corrected chi connectivity index (χ1v) is 59.9. The molecule has 12 atom stereocenters. The Kier molecular flexibility index (Phi) is 43.9. The molecule has 8 fully saturated rings. The largest absolute Gasteiger partial charge is 0.444 e. The molecule has 9 heterocycles. The fourth-order valence-corrected chi connectivity index (χ4v) is 24.3. The lowest BCUT2D eigenvalue weighted by atomic mass is 9.85. The quantitative estimate of drug-likeness (QED) is 0.0117. The molecule has 150 heavy (non-hydrogen) atoms. The first kappa shape index (κ1) is 116. The van der Waals surface area contributed by atoms with Gasteiger partial charge in [-0.2, -0.15) is 0 Å². The summed E-state index contributed by atoms with van der Waals surface area (Å²) in [7, 11) is -11.4. The second-order valence-corrected chi connectivity index (χ2v) is 47.3. The average Bonchev–Trinajstić information content (AvgIpc) is 1.65. The van der Waals surface area contributed by atoms with E-state index in [0.717, 1.165) is 133 Å². The summed E-state index contributed by atoms with van der Waals surface area (Å²) in [5, 5.41) is 0. The Morgan fingerprint density at radius 3 is 0.907 bits per heavy atom. The molecule has 4 aromatic carbocycles. The number of hydrogen-bond donors (Lipinski definition) is 6. The van der Waals surface area contributed by atoms with E-state index in [1.807, 2.05) is 30.3 Å². The molecule has 0 bridgehead atoms. The molecule has 39 nitrogen and oxygen atoms in total. The fourth-order valence-electron chi connectivity index (χ4n) is 22.1. The number of benzene rings is 4. The van der Waals surface area contributed by atoms with Crippen molar-refractivity contribution in [2.75, 3.05) is 97.3 Å². The molecule has 6 saturated heterocycles. The number of oxazole rings is 3. The van der Waals surface area contributed by atoms with E-state index in [4.69, 9.17) is 44.7 Å². The van der Waals surface area contributed by atoms with Crippen LogP contribution in [0.4, 0.5) is 14.4 Å². The molecule has 0 unspecified atom stereocenters. The van der Waals surface area contributed by atoms with Gasteiger partial charge in [0.15, 0.2) is 34.1 Å². The van der Waals surface area contributed by atoms with Crippen LogP contribution in [0, 0.1) is 29.6 Å². The van der Waals surface area contributed by atoms with Crippen LogP contribution in [-0.2, 0) is 79.5 Å². The van der Waals surface area contributed by atoms with Gasteiger partial charge in [0.25, 0.3) is 17.7 Å². The van der Waals surface area contributed by atoms with Gasteiger partial charge in [-0.1, -0.05) is 150 Å². The Bertz CT molecular complexity index is 5720. The number of rotatable bonds is 48. The number of hydrogen-bond acceptors (Lipinski definition) is 30. The highest BCUT2D eigenvalue weighted by Crippen LogP contribution is 2.38. The number of fused-ring (bicyclic) bond motifs is 3. The van der Waals surface area contributed by atoms with E-state index >= 15 is 0 Å². The molecule has 3 aromatic heterocycles. The van der Waals surface area contributed by atoms with Crippen LogP contribution >= 0.6 is 0 Å². The van der Waals surface area contributed by atoms with E-state index in [2.05, 4.69) is 29.1 Å². The number of para-hydroxylation sites is 6. The molecular formula is C108H153N15O24S3. The van der Waals surface area contributed by atoms with Crippen molar-refractivity contribution in [1.82, 2.24) is 58.5 Å². The van der Waals surface area contributed by atoms with Gasteiger partial charge in [-0.05, 0) is 208 Å². The topological polar surface area (TPSA) is 547 Å². The molecule has 6 aliphatic heterocycles. The van der Waals surface area contributed by atoms with Crippen molar-refractivity contribution in [3.05, 3.63) is 126 Å². The number of ether oxygens (including phenoxy) is 3. The number of ketones is 6. The number of carbonyl (C=O) groups excluding carboxylic acids is 12. The molecule has 2 aliphatic carbocycles. The number of nitrogens with one attached hydrogen (secondary N) is 3. The Balaban J connectivity index is 0.000000187. The van der Waals surface area contributed by atoms with E-state index in [1.54, 1.807) is 87.5 Å². The van der Waals surface area contributed by atoms with Gasteiger partial charge in [-0.3, -0.25) is 43.2 Å². The zero-order chi connectivity index (χ0) is 107. The SMILES string of the molecule is CS(=O)(=O)N[C@H](CCC1CCCCC1)C(=O)N1C[C@H](OC(=O)N2CCCCC2)C[C@H]1C(=O)C[C@@H](CCCCN)C(=O)c1nc2ccccc2o1.CS(=O)(=O)N[C@H](CCC1CCCCC1)C(=O)N1C[C@H](OC(=O)N2CCCCC2)C[C@H]1C(=O)C[C@@H](CCCCN)C(=O)c1nc2ccccc2o1.CS(=O)(=O)N[C@H](CCc1ccccc1)C(=O)N1C[C@H](OC(=O)N2CCCCC2)C[C@H]1C(=O)C[C@@H](CCCCN)C(=O)c1nc2ccccc2o1. The molecule has 2 saturated carbocycles. The van der Waals surface area contributed by atoms with Gasteiger partial charge in [-0.25, -0.2) is 68.8 Å². The number of likely N-dealkylation sites (tertiary alicyclic amines) is 6. The van der Waals surface area contributed by atoms with Gasteiger partial charge in [0.2, 0.25) is 65.1 Å². The summed E-state index contributed by atoms with van der Waals surface area (Å²) in [6.07, 6.45) is 25.5. The number of aromatic nitrogens is 3. The van der Waals surface area contributed by atoms with Crippen molar-refractivity contribution in [2.24, 2.45) is 46.8 Å². The van der Waals surface area contributed by atoms with Crippen molar-refractivity contribution in [3.8, 4) is 0 Å². The molecule has 42 heteroatoms. The minimum absolute atomic E-state index is 0.0288. The number of Topliss-reactive ketones (excluding diaryl/α,β-unsaturated/α-hetero) is 6. The summed E-state index contributed by atoms with van der Waals surface area (Å²) >= 11 is 0. The molecule has 8 aliphatic rings. The third kappa shape index (κ3) is 34.6. The Morgan fingerprint density at radius 2 is 0.627 bits per heavy atom. The Morgan fingerprint density at radius 1 is 0.353 bits per heavy atom. The lowest BCUT2D eigenvalue weighted by Crippen LogP contribution is -2.52. The number of unbranched alkanes of at least 4 members (excludes halogenated alkanes) is 3. The lowest BCUT2D eigenvalue weighted by Gasteiger charge is -2.30. The monoisotopic (exact) mass is 2140 g/mol. The number of nitrogens with zero attached hydrogens (tertiary/aromatic N) is 9. The number of aryl methyl sites for hydroxylation is 1. The number of amides is 6. The number of carbonyl (C=O) groups is 12. The van der Waals surface area contributed by atoms with Gasteiger partial charge in [0, 0.05) is 95.5 Å². The fraction of sp³-hybridized carbons (Fsp3) is 0.639. The first-order chi connectivity index (χ1) is 72.1. The van der Waals surface area contributed by atoms with Gasteiger partial charge < -0.3 is 74.1 Å². The van der Waals surface area contributed by atoms with E-state index < -0.39 is 162 Å². The highest BCUT2D eigenvalue weighted by atomic mass is 32.2. The minimum atomic E-state index is -3.82. The lowest BCUT2D eigenvalue weighted by molar-refractivity contribution is -0.139. The zero-order valence-corrected chi connectivity index (χ0v) is 89.4. The predicted octanol–water partition coefficient (Wildman–Crippen LogP) is 13.0. The molecule has 7 aromatic rings. The van der Waals surface area contributed by atoms with Gasteiger partial charge in [-0.15, -0.1) is 0 Å². The molecule has 15 rings (SSSR count). The highest BCUT2D eigenvalue weighted by molar-refractivity contribution is 7.89. The third-order valence-electron chi connectivity index (χ3n) is 30.1. The third-order valence-corrected chi connectivity index (χ3v) is 32.2. The molecule has 6 amide bonds. The van der Waals surface area contributed by atoms with Gasteiger partial charge >= 0.3 is 18.3 Å². The number of piperidine rings is 3. The summed E-state index contributed by atoms with van der Waals surface area (Å²) in [6.45, 7) is 4.59. The van der Waals surface area contributed by atoms with E-state index in [9.17, 15) is 82.8 Å². The van der Waals surface area contributed by atoms with Crippen molar-refractivity contribution < 1.29 is 110 Å². The van der Waals surface area contributed by atoms with Crippen LogP contribution in [0.2, 0.25) is 0 Å². The average molecular weight is 2140 g/mol. The minimum Gasteiger partial charge on any atom is -0.444 e. The maximum absolute atomic E-state index is 14.3. The molecule has 822 valence electrons. The summed E-state index contributed by atoms with van der Waals surface area (Å²) in [4.78, 5) is 188.